The Hall–Kier alpha value is -2.53. The van der Waals surface area contributed by atoms with Gasteiger partial charge in [-0.05, 0) is 18.2 Å². The molecule has 3 rings (SSSR count). The van der Waals surface area contributed by atoms with E-state index in [-0.39, 0.29) is 19.1 Å². The van der Waals surface area contributed by atoms with Gasteiger partial charge < -0.3 is 14.5 Å². The zero-order chi connectivity index (χ0) is 21.1. The van der Waals surface area contributed by atoms with Gasteiger partial charge in [-0.2, -0.15) is 0 Å². The number of benzene rings is 1. The highest BCUT2D eigenvalue weighted by atomic mass is 32.1. The zero-order valence-electron chi connectivity index (χ0n) is 16.2. The first-order chi connectivity index (χ1) is 13.8. The summed E-state index contributed by atoms with van der Waals surface area (Å²) in [6.45, 7) is 3.83. The summed E-state index contributed by atoms with van der Waals surface area (Å²) >= 11 is 3.62. The van der Waals surface area contributed by atoms with Crippen LogP contribution in [0.3, 0.4) is 0 Å². The van der Waals surface area contributed by atoms with Crippen molar-refractivity contribution in [2.75, 3.05) is 56.2 Å². The molecule has 0 bridgehead atoms. The average Bonchev–Trinajstić information content (AvgIpc) is 3.06. The van der Waals surface area contributed by atoms with Gasteiger partial charge in [0.05, 0.1) is 17.9 Å². The number of anilines is 2. The average molecular weight is 426 g/mol. The lowest BCUT2D eigenvalue weighted by molar-refractivity contribution is -0.129. The van der Waals surface area contributed by atoms with Crippen LogP contribution in [0.1, 0.15) is 6.92 Å². The minimum Gasteiger partial charge on any atom is -0.441 e. The topological polar surface area (TPSA) is 82.6 Å². The number of cyclic esters (lactones) is 1. The molecule has 2 saturated heterocycles. The van der Waals surface area contributed by atoms with E-state index in [0.29, 0.717) is 37.6 Å². The monoisotopic (exact) mass is 426 g/mol. The summed E-state index contributed by atoms with van der Waals surface area (Å²) in [5, 5.41) is 0.355. The lowest BCUT2D eigenvalue weighted by atomic mass is 10.2. The number of thiol groups is 1. The molecule has 0 unspecified atom stereocenters. The fourth-order valence-electron chi connectivity index (χ4n) is 3.25. The molecule has 2 heterocycles. The predicted molar refractivity (Wildman–Crippen MR) is 107 cm³/mol. The van der Waals surface area contributed by atoms with Crippen LogP contribution >= 0.6 is 12.6 Å². The van der Waals surface area contributed by atoms with Crippen LogP contribution in [0.2, 0.25) is 0 Å². The maximum absolute atomic E-state index is 14.7. The quantitative estimate of drug-likeness (QED) is 0.571. The smallest absolute Gasteiger partial charge is 0.414 e. The Bertz CT molecular complexity index is 802. The molecule has 1 atom stereocenters. The molecule has 9 nitrogen and oxygen atoms in total. The van der Waals surface area contributed by atoms with Gasteiger partial charge in [0.2, 0.25) is 5.91 Å². The van der Waals surface area contributed by atoms with Crippen molar-refractivity contribution in [3.63, 3.8) is 0 Å². The fourth-order valence-corrected chi connectivity index (χ4v) is 3.31. The van der Waals surface area contributed by atoms with E-state index in [4.69, 9.17) is 9.57 Å². The summed E-state index contributed by atoms with van der Waals surface area (Å²) in [5.41, 5.74) is 0.804. The summed E-state index contributed by atoms with van der Waals surface area (Å²) < 4.78 is 19.9. The molecule has 0 N–H and O–H groups in total. The number of nitrogens with zero attached hydrogens (tertiary/aromatic N) is 4. The largest absolute Gasteiger partial charge is 0.441 e. The lowest BCUT2D eigenvalue weighted by Crippen LogP contribution is -2.48. The summed E-state index contributed by atoms with van der Waals surface area (Å²) in [7, 11) is 1.40. The van der Waals surface area contributed by atoms with E-state index in [9.17, 15) is 18.8 Å². The number of carbonyl (C=O) groups is 3. The maximum atomic E-state index is 14.7. The molecule has 0 radical (unpaired) electrons. The Kier molecular flexibility index (Phi) is 6.48. The number of ether oxygens (including phenoxy) is 1. The Balaban J connectivity index is 1.62. The molecule has 3 amide bonds. The number of carbonyl (C=O) groups excluding carboxylic acids is 3. The van der Waals surface area contributed by atoms with Crippen molar-refractivity contribution < 1.29 is 28.3 Å². The van der Waals surface area contributed by atoms with Gasteiger partial charge in [0.25, 0.3) is 0 Å². The molecule has 0 saturated carbocycles. The number of hydroxylamine groups is 2. The van der Waals surface area contributed by atoms with Gasteiger partial charge in [-0.15, -0.1) is 0 Å². The molecule has 2 fully saturated rings. The Morgan fingerprint density at radius 3 is 2.59 bits per heavy atom. The fraction of sp³-hybridized carbons (Fsp3) is 0.500. The van der Waals surface area contributed by atoms with Crippen molar-refractivity contribution in [2.24, 2.45) is 0 Å². The standard InChI is InChI=1S/C18H23FN4O5S/c1-12(24)21-5-7-22(8-6-21)16-4-3-13(9-15(16)19)23-10-14(28-17(23)25)11-27-20(2)18(26)29/h3-4,9,14H,5-8,10-11H2,1-2H3,(H,26,29)/t14-/m0/s1. The summed E-state index contributed by atoms with van der Waals surface area (Å²) in [6.07, 6.45) is -1.21. The minimum absolute atomic E-state index is 0.0106. The lowest BCUT2D eigenvalue weighted by Gasteiger charge is -2.35. The van der Waals surface area contributed by atoms with E-state index >= 15 is 0 Å². The van der Waals surface area contributed by atoms with Crippen LogP contribution < -0.4 is 9.80 Å². The van der Waals surface area contributed by atoms with Gasteiger partial charge in [-0.25, -0.2) is 14.2 Å². The van der Waals surface area contributed by atoms with Crippen LogP contribution in [-0.4, -0.2) is 79.7 Å². The maximum Gasteiger partial charge on any atom is 0.414 e. The second-order valence-corrected chi connectivity index (χ2v) is 7.20. The first-order valence-electron chi connectivity index (χ1n) is 9.14. The summed E-state index contributed by atoms with van der Waals surface area (Å²) in [5.74, 6) is -0.442. The molecule has 1 aromatic rings. The summed E-state index contributed by atoms with van der Waals surface area (Å²) in [6, 6.07) is 4.57. The first-order valence-corrected chi connectivity index (χ1v) is 9.58. The highest BCUT2D eigenvalue weighted by molar-refractivity contribution is 7.96. The molecule has 1 aromatic carbocycles. The van der Waals surface area contributed by atoms with Crippen LogP contribution in [0, 0.1) is 5.82 Å². The summed E-state index contributed by atoms with van der Waals surface area (Å²) in [4.78, 5) is 44.7. The predicted octanol–water partition coefficient (Wildman–Crippen LogP) is 1.73. The van der Waals surface area contributed by atoms with E-state index in [2.05, 4.69) is 12.6 Å². The first kappa shape index (κ1) is 21.2. The van der Waals surface area contributed by atoms with Crippen LogP contribution in [-0.2, 0) is 14.4 Å². The van der Waals surface area contributed by atoms with Gasteiger partial charge in [0, 0.05) is 40.2 Å². The molecular formula is C18H23FN4O5S. The Labute approximate surface area is 173 Å². The van der Waals surface area contributed by atoms with Crippen LogP contribution in [0.15, 0.2) is 18.2 Å². The van der Waals surface area contributed by atoms with Crippen molar-refractivity contribution in [3.8, 4) is 0 Å². The second-order valence-electron chi connectivity index (χ2n) is 6.82. The molecule has 0 aromatic heterocycles. The van der Waals surface area contributed by atoms with Gasteiger partial charge in [0.1, 0.15) is 18.5 Å². The van der Waals surface area contributed by atoms with Gasteiger partial charge in [-0.3, -0.25) is 19.3 Å². The zero-order valence-corrected chi connectivity index (χ0v) is 17.1. The molecule has 0 spiro atoms. The number of piperazine rings is 1. The van der Waals surface area contributed by atoms with Crippen LogP contribution in [0.25, 0.3) is 0 Å². The Morgan fingerprint density at radius 1 is 1.31 bits per heavy atom. The van der Waals surface area contributed by atoms with E-state index < -0.39 is 23.3 Å². The molecule has 0 aliphatic carbocycles. The molecule has 29 heavy (non-hydrogen) atoms. The molecule has 11 heteroatoms. The van der Waals surface area contributed by atoms with Gasteiger partial charge >= 0.3 is 11.3 Å². The third kappa shape index (κ3) is 4.91. The van der Waals surface area contributed by atoms with Gasteiger partial charge in [-0.1, -0.05) is 12.6 Å². The number of amides is 3. The number of hydrogen-bond donors (Lipinski definition) is 1. The molecule has 158 valence electrons. The van der Waals surface area contributed by atoms with Crippen molar-refractivity contribution >= 4 is 41.2 Å². The number of hydrogen-bond acceptors (Lipinski definition) is 6. The highest BCUT2D eigenvalue weighted by Crippen LogP contribution is 2.28. The SMILES string of the molecule is CC(=O)N1CCN(c2ccc(N3C[C@@H](CON(C)C(=O)S)OC3=O)cc2F)CC1. The molecule has 2 aliphatic heterocycles. The minimum atomic E-state index is -0.610. The van der Waals surface area contributed by atoms with Crippen LogP contribution in [0.5, 0.6) is 0 Å². The normalized spacial score (nSPS) is 19.4. The van der Waals surface area contributed by atoms with Crippen molar-refractivity contribution in [1.29, 1.82) is 0 Å². The van der Waals surface area contributed by atoms with E-state index in [0.717, 1.165) is 5.06 Å². The van der Waals surface area contributed by atoms with Crippen molar-refractivity contribution in [2.45, 2.75) is 13.0 Å². The van der Waals surface area contributed by atoms with E-state index in [1.54, 1.807) is 17.0 Å². The third-order valence-electron chi connectivity index (χ3n) is 4.91. The third-order valence-corrected chi connectivity index (χ3v) is 5.19. The number of halogens is 1. The van der Waals surface area contributed by atoms with E-state index in [1.807, 2.05) is 4.90 Å². The molecule has 2 aliphatic rings. The van der Waals surface area contributed by atoms with Gasteiger partial charge in [0.15, 0.2) is 0 Å². The highest BCUT2D eigenvalue weighted by Gasteiger charge is 2.33. The second kappa shape index (κ2) is 8.87. The van der Waals surface area contributed by atoms with Crippen LogP contribution in [0.4, 0.5) is 25.4 Å². The Morgan fingerprint density at radius 2 is 2.00 bits per heavy atom. The van der Waals surface area contributed by atoms with Crippen molar-refractivity contribution in [3.05, 3.63) is 24.0 Å². The van der Waals surface area contributed by atoms with Crippen molar-refractivity contribution in [1.82, 2.24) is 9.96 Å². The molecular weight excluding hydrogens is 403 g/mol. The van der Waals surface area contributed by atoms with E-state index in [1.165, 1.54) is 24.9 Å². The number of rotatable bonds is 5.